The summed E-state index contributed by atoms with van der Waals surface area (Å²) in [4.78, 5) is 11.8. The van der Waals surface area contributed by atoms with E-state index >= 15 is 0 Å². The van der Waals surface area contributed by atoms with E-state index in [-0.39, 0.29) is 5.97 Å². The molecule has 2 aromatic rings. The smallest absolute Gasteiger partial charge is 0.332 e. The molecule has 0 bridgehead atoms. The fourth-order valence-electron chi connectivity index (χ4n) is 1.97. The minimum Gasteiger partial charge on any atom is -0.497 e. The maximum absolute atomic E-state index is 11.8. The zero-order valence-electron chi connectivity index (χ0n) is 12.7. The molecule has 0 heterocycles. The Morgan fingerprint density at radius 2 is 1.91 bits per heavy atom. The van der Waals surface area contributed by atoms with Crippen LogP contribution in [0.1, 0.15) is 12.5 Å². The Labute approximate surface area is 130 Å². The van der Waals surface area contributed by atoms with E-state index in [0.29, 0.717) is 12.3 Å². The number of hydrogen-bond acceptors (Lipinski definition) is 4. The van der Waals surface area contributed by atoms with Crippen LogP contribution in [0.25, 0.3) is 5.70 Å². The van der Waals surface area contributed by atoms with Crippen molar-refractivity contribution in [1.82, 2.24) is 0 Å². The Balaban J connectivity index is 2.30. The zero-order chi connectivity index (χ0) is 15.8. The molecule has 4 heteroatoms. The van der Waals surface area contributed by atoms with Crippen LogP contribution in [0.4, 0.5) is 5.69 Å². The van der Waals surface area contributed by atoms with Gasteiger partial charge in [0.1, 0.15) is 5.75 Å². The first-order chi connectivity index (χ1) is 10.7. The zero-order valence-corrected chi connectivity index (χ0v) is 12.7. The number of methoxy groups -OCH3 is 1. The van der Waals surface area contributed by atoms with Gasteiger partial charge in [0.2, 0.25) is 0 Å². The summed E-state index contributed by atoms with van der Waals surface area (Å²) in [5.74, 6) is 0.366. The highest BCUT2D eigenvalue weighted by Crippen LogP contribution is 2.22. The molecule has 22 heavy (non-hydrogen) atoms. The van der Waals surface area contributed by atoms with Gasteiger partial charge >= 0.3 is 5.97 Å². The molecular formula is C18H19NO3. The summed E-state index contributed by atoms with van der Waals surface area (Å²) in [7, 11) is 1.62. The predicted molar refractivity (Wildman–Crippen MR) is 87.7 cm³/mol. The van der Waals surface area contributed by atoms with Crippen LogP contribution in [0, 0.1) is 0 Å². The molecule has 0 fully saturated rings. The summed E-state index contributed by atoms with van der Waals surface area (Å²) in [5, 5.41) is 3.24. The van der Waals surface area contributed by atoms with Crippen molar-refractivity contribution < 1.29 is 14.3 Å². The molecule has 1 N–H and O–H groups in total. The Morgan fingerprint density at radius 1 is 1.14 bits per heavy atom. The van der Waals surface area contributed by atoms with E-state index in [4.69, 9.17) is 9.47 Å². The molecule has 4 nitrogen and oxygen atoms in total. The number of carbonyl (C=O) groups is 1. The summed E-state index contributed by atoms with van der Waals surface area (Å²) >= 11 is 0. The second kappa shape index (κ2) is 7.88. The maximum Gasteiger partial charge on any atom is 0.332 e. The number of anilines is 1. The molecule has 0 atom stereocenters. The average molecular weight is 297 g/mol. The molecule has 2 rings (SSSR count). The predicted octanol–water partition coefficient (Wildman–Crippen LogP) is 3.71. The van der Waals surface area contributed by atoms with Crippen LogP contribution in [0.5, 0.6) is 5.75 Å². The molecule has 0 amide bonds. The van der Waals surface area contributed by atoms with Crippen LogP contribution in [0.3, 0.4) is 0 Å². The molecule has 0 aliphatic carbocycles. The van der Waals surface area contributed by atoms with Crippen molar-refractivity contribution in [1.29, 1.82) is 0 Å². The van der Waals surface area contributed by atoms with E-state index < -0.39 is 0 Å². The van der Waals surface area contributed by atoms with Crippen LogP contribution in [-0.4, -0.2) is 19.7 Å². The van der Waals surface area contributed by atoms with E-state index in [9.17, 15) is 4.79 Å². The Hall–Kier alpha value is -2.75. The largest absolute Gasteiger partial charge is 0.497 e. The Bertz CT molecular complexity index is 650. The van der Waals surface area contributed by atoms with E-state index in [2.05, 4.69) is 5.32 Å². The van der Waals surface area contributed by atoms with Crippen LogP contribution in [0.2, 0.25) is 0 Å². The lowest BCUT2D eigenvalue weighted by atomic mass is 10.1. The molecule has 0 aromatic heterocycles. The van der Waals surface area contributed by atoms with Crippen molar-refractivity contribution >= 4 is 17.4 Å². The Kier molecular flexibility index (Phi) is 5.60. The van der Waals surface area contributed by atoms with Gasteiger partial charge < -0.3 is 14.8 Å². The summed E-state index contributed by atoms with van der Waals surface area (Å²) in [6, 6.07) is 17.1. The van der Waals surface area contributed by atoms with Gasteiger partial charge in [-0.05, 0) is 24.6 Å². The van der Waals surface area contributed by atoms with Gasteiger partial charge in [-0.25, -0.2) is 4.79 Å². The molecule has 0 saturated heterocycles. The van der Waals surface area contributed by atoms with Gasteiger partial charge in [0.25, 0.3) is 0 Å². The third-order valence-electron chi connectivity index (χ3n) is 2.98. The lowest BCUT2D eigenvalue weighted by molar-refractivity contribution is -0.137. The third kappa shape index (κ3) is 4.38. The number of benzene rings is 2. The molecule has 2 aromatic carbocycles. The minimum atomic E-state index is -0.378. The molecule has 114 valence electrons. The Morgan fingerprint density at radius 3 is 2.59 bits per heavy atom. The normalized spacial score (nSPS) is 10.9. The lowest BCUT2D eigenvalue weighted by Gasteiger charge is -2.12. The fourth-order valence-corrected chi connectivity index (χ4v) is 1.97. The first-order valence-electron chi connectivity index (χ1n) is 7.08. The first kappa shape index (κ1) is 15.6. The van der Waals surface area contributed by atoms with Gasteiger partial charge in [-0.15, -0.1) is 0 Å². The number of hydrogen-bond donors (Lipinski definition) is 1. The number of nitrogens with one attached hydrogen (secondary N) is 1. The van der Waals surface area contributed by atoms with Crippen molar-refractivity contribution in [2.75, 3.05) is 19.0 Å². The SMILES string of the molecule is CCOC(=O)C=C(Nc1cccc(OC)c1)c1ccccc1. The number of esters is 1. The summed E-state index contributed by atoms with van der Waals surface area (Å²) in [6.07, 6.45) is 1.46. The minimum absolute atomic E-state index is 0.344. The van der Waals surface area contributed by atoms with Crippen LogP contribution in [-0.2, 0) is 9.53 Å². The molecule has 0 aliphatic rings. The second-order valence-electron chi connectivity index (χ2n) is 4.53. The van der Waals surface area contributed by atoms with E-state index in [1.54, 1.807) is 14.0 Å². The monoisotopic (exact) mass is 297 g/mol. The topological polar surface area (TPSA) is 47.6 Å². The van der Waals surface area contributed by atoms with Gasteiger partial charge in [0.05, 0.1) is 19.4 Å². The van der Waals surface area contributed by atoms with Gasteiger partial charge in [-0.2, -0.15) is 0 Å². The first-order valence-corrected chi connectivity index (χ1v) is 7.08. The molecule has 0 spiro atoms. The van der Waals surface area contributed by atoms with Gasteiger partial charge in [0.15, 0.2) is 0 Å². The maximum atomic E-state index is 11.8. The molecular weight excluding hydrogens is 278 g/mol. The van der Waals surface area contributed by atoms with Crippen molar-refractivity contribution in [3.05, 3.63) is 66.2 Å². The second-order valence-corrected chi connectivity index (χ2v) is 4.53. The third-order valence-corrected chi connectivity index (χ3v) is 2.98. The highest BCUT2D eigenvalue weighted by molar-refractivity contribution is 5.94. The van der Waals surface area contributed by atoms with E-state index in [1.165, 1.54) is 6.08 Å². The highest BCUT2D eigenvalue weighted by atomic mass is 16.5. The highest BCUT2D eigenvalue weighted by Gasteiger charge is 2.06. The van der Waals surface area contributed by atoms with Crippen molar-refractivity contribution in [2.24, 2.45) is 0 Å². The quantitative estimate of drug-likeness (QED) is 0.652. The number of rotatable bonds is 6. The fraction of sp³-hybridized carbons (Fsp3) is 0.167. The number of carbonyl (C=O) groups excluding carboxylic acids is 1. The summed E-state index contributed by atoms with van der Waals surface area (Å²) < 4.78 is 10.2. The van der Waals surface area contributed by atoms with Crippen molar-refractivity contribution in [3.63, 3.8) is 0 Å². The summed E-state index contributed by atoms with van der Waals surface area (Å²) in [6.45, 7) is 2.12. The van der Waals surface area contributed by atoms with Gasteiger partial charge in [0, 0.05) is 17.8 Å². The molecule has 0 radical (unpaired) electrons. The van der Waals surface area contributed by atoms with Crippen LogP contribution < -0.4 is 10.1 Å². The summed E-state index contributed by atoms with van der Waals surface area (Å²) in [5.41, 5.74) is 2.41. The van der Waals surface area contributed by atoms with Gasteiger partial charge in [-0.3, -0.25) is 0 Å². The molecule has 0 unspecified atom stereocenters. The standard InChI is InChI=1S/C18H19NO3/c1-3-22-18(20)13-17(14-8-5-4-6-9-14)19-15-10-7-11-16(12-15)21-2/h4-13,19H,3H2,1-2H3. The van der Waals surface area contributed by atoms with Crippen molar-refractivity contribution in [2.45, 2.75) is 6.92 Å². The number of ether oxygens (including phenoxy) is 2. The van der Waals surface area contributed by atoms with Crippen LogP contribution >= 0.6 is 0 Å². The van der Waals surface area contributed by atoms with E-state index in [0.717, 1.165) is 17.0 Å². The average Bonchev–Trinajstić information content (AvgIpc) is 2.55. The molecule has 0 aliphatic heterocycles. The van der Waals surface area contributed by atoms with Crippen LogP contribution in [0.15, 0.2) is 60.7 Å². The van der Waals surface area contributed by atoms with Gasteiger partial charge in [-0.1, -0.05) is 36.4 Å². The molecule has 0 saturated carbocycles. The lowest BCUT2D eigenvalue weighted by Crippen LogP contribution is -2.06. The van der Waals surface area contributed by atoms with Crippen molar-refractivity contribution in [3.8, 4) is 5.75 Å². The van der Waals surface area contributed by atoms with E-state index in [1.807, 2.05) is 54.6 Å².